The predicted molar refractivity (Wildman–Crippen MR) is 137 cm³/mol. The number of amides is 1. The van der Waals surface area contributed by atoms with Gasteiger partial charge < -0.3 is 15.0 Å². The molecule has 3 aromatic carbocycles. The molecule has 5 rings (SSSR count). The molecule has 8 heteroatoms. The number of benzene rings is 3. The Hall–Kier alpha value is -4.30. The van der Waals surface area contributed by atoms with Gasteiger partial charge in [-0.15, -0.1) is 0 Å². The largest absolute Gasteiger partial charge is 0.373 e. The Morgan fingerprint density at radius 2 is 1.67 bits per heavy atom. The zero-order valence-corrected chi connectivity index (χ0v) is 19.8. The molecule has 0 fully saturated rings. The second-order valence-electron chi connectivity index (χ2n) is 8.43. The fourth-order valence-corrected chi connectivity index (χ4v) is 4.47. The SMILES string of the molecule is CCn1c(C(O)(c2ccccc2)c2ccccc2)nc2ccc(C(=O)Nc3ccn(CCF)n3)cc21. The molecule has 36 heavy (non-hydrogen) atoms. The zero-order valence-electron chi connectivity index (χ0n) is 19.8. The molecule has 0 spiro atoms. The maximum absolute atomic E-state index is 13.0. The number of rotatable bonds is 8. The molecule has 5 aromatic rings. The molecule has 0 saturated heterocycles. The highest BCUT2D eigenvalue weighted by atomic mass is 19.1. The molecule has 0 aliphatic rings. The van der Waals surface area contributed by atoms with E-state index in [0.717, 1.165) is 5.52 Å². The van der Waals surface area contributed by atoms with Crippen LogP contribution in [-0.2, 0) is 18.7 Å². The maximum Gasteiger partial charge on any atom is 0.256 e. The van der Waals surface area contributed by atoms with Crippen molar-refractivity contribution in [1.29, 1.82) is 0 Å². The average Bonchev–Trinajstić information content (AvgIpc) is 3.53. The molecule has 2 aromatic heterocycles. The first-order chi connectivity index (χ1) is 17.5. The van der Waals surface area contributed by atoms with Gasteiger partial charge in [0.2, 0.25) is 0 Å². The summed E-state index contributed by atoms with van der Waals surface area (Å²) in [5, 5.41) is 19.2. The van der Waals surface area contributed by atoms with Gasteiger partial charge in [0.05, 0.1) is 17.6 Å². The molecular weight excluding hydrogens is 457 g/mol. The molecular formula is C28H26FN5O2. The smallest absolute Gasteiger partial charge is 0.256 e. The van der Waals surface area contributed by atoms with Gasteiger partial charge in [-0.05, 0) is 36.2 Å². The van der Waals surface area contributed by atoms with E-state index in [2.05, 4.69) is 10.4 Å². The van der Waals surface area contributed by atoms with Crippen LogP contribution in [0.1, 0.15) is 34.2 Å². The van der Waals surface area contributed by atoms with Gasteiger partial charge in [0.1, 0.15) is 6.67 Å². The van der Waals surface area contributed by atoms with E-state index in [1.807, 2.05) is 72.2 Å². The average molecular weight is 484 g/mol. The van der Waals surface area contributed by atoms with Gasteiger partial charge in [0.25, 0.3) is 5.91 Å². The van der Waals surface area contributed by atoms with Crippen molar-refractivity contribution in [2.45, 2.75) is 25.6 Å². The van der Waals surface area contributed by atoms with Crippen LogP contribution in [0.3, 0.4) is 0 Å². The van der Waals surface area contributed by atoms with E-state index < -0.39 is 12.3 Å². The first kappa shape index (κ1) is 23.4. The first-order valence-electron chi connectivity index (χ1n) is 11.8. The van der Waals surface area contributed by atoms with Crippen LogP contribution in [0.4, 0.5) is 10.2 Å². The van der Waals surface area contributed by atoms with E-state index in [1.165, 1.54) is 4.68 Å². The summed E-state index contributed by atoms with van der Waals surface area (Å²) < 4.78 is 15.9. The Morgan fingerprint density at radius 3 is 2.28 bits per heavy atom. The second kappa shape index (κ2) is 9.75. The summed E-state index contributed by atoms with van der Waals surface area (Å²) in [5.74, 6) is 0.481. The Morgan fingerprint density at radius 1 is 1.00 bits per heavy atom. The summed E-state index contributed by atoms with van der Waals surface area (Å²) in [6, 6.07) is 25.8. The van der Waals surface area contributed by atoms with Gasteiger partial charge in [-0.2, -0.15) is 5.10 Å². The molecule has 0 bridgehead atoms. The lowest BCUT2D eigenvalue weighted by Crippen LogP contribution is -2.32. The number of alkyl halides is 1. The molecule has 0 aliphatic carbocycles. The van der Waals surface area contributed by atoms with Crippen molar-refractivity contribution in [3.05, 3.63) is 114 Å². The fourth-order valence-electron chi connectivity index (χ4n) is 4.47. The lowest BCUT2D eigenvalue weighted by molar-refractivity contribution is 0.102. The minimum Gasteiger partial charge on any atom is -0.373 e. The van der Waals surface area contributed by atoms with Crippen molar-refractivity contribution in [2.75, 3.05) is 12.0 Å². The zero-order chi connectivity index (χ0) is 25.1. The van der Waals surface area contributed by atoms with Crippen molar-refractivity contribution >= 4 is 22.8 Å². The number of aliphatic hydroxyl groups is 1. The molecule has 0 unspecified atom stereocenters. The van der Waals surface area contributed by atoms with Gasteiger partial charge in [-0.1, -0.05) is 60.7 Å². The number of halogens is 1. The highest BCUT2D eigenvalue weighted by molar-refractivity contribution is 6.05. The topological polar surface area (TPSA) is 85.0 Å². The van der Waals surface area contributed by atoms with Crippen molar-refractivity contribution in [1.82, 2.24) is 19.3 Å². The number of imidazole rings is 1. The molecule has 0 atom stereocenters. The number of aryl methyl sites for hydroxylation is 2. The normalized spacial score (nSPS) is 11.6. The van der Waals surface area contributed by atoms with Gasteiger partial charge in [0.15, 0.2) is 17.2 Å². The van der Waals surface area contributed by atoms with Crippen LogP contribution >= 0.6 is 0 Å². The first-order valence-corrected chi connectivity index (χ1v) is 11.8. The summed E-state index contributed by atoms with van der Waals surface area (Å²) in [5.41, 5.74) is 1.72. The van der Waals surface area contributed by atoms with Crippen LogP contribution in [0.25, 0.3) is 11.0 Å². The van der Waals surface area contributed by atoms with Gasteiger partial charge in [0, 0.05) is 24.4 Å². The Bertz CT molecular complexity index is 1460. The van der Waals surface area contributed by atoms with Crippen LogP contribution in [0, 0.1) is 0 Å². The Kier molecular flexibility index (Phi) is 6.35. The van der Waals surface area contributed by atoms with Crippen LogP contribution in [0.2, 0.25) is 0 Å². The highest BCUT2D eigenvalue weighted by Crippen LogP contribution is 2.37. The van der Waals surface area contributed by atoms with Crippen LogP contribution in [0.5, 0.6) is 0 Å². The van der Waals surface area contributed by atoms with E-state index in [-0.39, 0.29) is 12.5 Å². The van der Waals surface area contributed by atoms with Gasteiger partial charge in [-0.3, -0.25) is 9.48 Å². The van der Waals surface area contributed by atoms with Gasteiger partial charge >= 0.3 is 0 Å². The standard InChI is InChI=1S/C28H26FN5O2/c1-2-34-24-19-20(26(35)31-25-15-17-33(32-25)18-16-29)13-14-23(24)30-27(34)28(36,21-9-5-3-6-10-21)22-11-7-4-8-12-22/h3-15,17,19,36H,2,16,18H2,1H3,(H,31,32,35). The van der Waals surface area contributed by atoms with Gasteiger partial charge in [-0.25, -0.2) is 9.37 Å². The third kappa shape index (κ3) is 4.16. The van der Waals surface area contributed by atoms with Crippen LogP contribution in [-0.4, -0.2) is 37.0 Å². The summed E-state index contributed by atoms with van der Waals surface area (Å²) in [4.78, 5) is 17.8. The number of carbonyl (C=O) groups is 1. The summed E-state index contributed by atoms with van der Waals surface area (Å²) in [6.45, 7) is 2.11. The number of fused-ring (bicyclic) bond motifs is 1. The molecule has 0 saturated carbocycles. The van der Waals surface area contributed by atoms with E-state index in [4.69, 9.17) is 4.98 Å². The maximum atomic E-state index is 13.0. The van der Waals surface area contributed by atoms with E-state index in [0.29, 0.717) is 40.4 Å². The third-order valence-corrected chi connectivity index (χ3v) is 6.23. The molecule has 7 nitrogen and oxygen atoms in total. The van der Waals surface area contributed by atoms with Crippen molar-refractivity contribution in [3.63, 3.8) is 0 Å². The Balaban J connectivity index is 1.58. The summed E-state index contributed by atoms with van der Waals surface area (Å²) in [7, 11) is 0. The molecule has 2 heterocycles. The summed E-state index contributed by atoms with van der Waals surface area (Å²) in [6.07, 6.45) is 1.62. The number of aromatic nitrogens is 4. The van der Waals surface area contributed by atoms with Crippen LogP contribution < -0.4 is 5.32 Å². The third-order valence-electron chi connectivity index (χ3n) is 6.23. The second-order valence-corrected chi connectivity index (χ2v) is 8.43. The Labute approximate surface area is 207 Å². The molecule has 0 radical (unpaired) electrons. The van der Waals surface area contributed by atoms with E-state index in [9.17, 15) is 14.3 Å². The number of nitrogens with zero attached hydrogens (tertiary/aromatic N) is 4. The number of hydrogen-bond donors (Lipinski definition) is 2. The monoisotopic (exact) mass is 483 g/mol. The fraction of sp³-hybridized carbons (Fsp3) is 0.179. The van der Waals surface area contributed by atoms with E-state index in [1.54, 1.807) is 30.5 Å². The molecule has 0 aliphatic heterocycles. The predicted octanol–water partition coefficient (Wildman–Crippen LogP) is 4.76. The molecule has 1 amide bonds. The number of hydrogen-bond acceptors (Lipinski definition) is 4. The highest BCUT2D eigenvalue weighted by Gasteiger charge is 2.38. The number of anilines is 1. The summed E-state index contributed by atoms with van der Waals surface area (Å²) >= 11 is 0. The van der Waals surface area contributed by atoms with Crippen molar-refractivity contribution < 1.29 is 14.3 Å². The van der Waals surface area contributed by atoms with Crippen molar-refractivity contribution in [2.24, 2.45) is 0 Å². The lowest BCUT2D eigenvalue weighted by atomic mass is 9.85. The van der Waals surface area contributed by atoms with Crippen molar-refractivity contribution in [3.8, 4) is 0 Å². The molecule has 2 N–H and O–H groups in total. The van der Waals surface area contributed by atoms with Crippen LogP contribution in [0.15, 0.2) is 91.1 Å². The molecule has 182 valence electrons. The van der Waals surface area contributed by atoms with E-state index >= 15 is 0 Å². The number of nitrogens with one attached hydrogen (secondary N) is 1. The lowest BCUT2D eigenvalue weighted by Gasteiger charge is -2.29. The minimum absolute atomic E-state index is 0.131. The minimum atomic E-state index is -1.50. The number of carbonyl (C=O) groups excluding carboxylic acids is 1. The quantitative estimate of drug-likeness (QED) is 0.333.